The molecule has 0 unspecified atom stereocenters. The Bertz CT molecular complexity index is 307. The Labute approximate surface area is 69.3 Å². The fraction of sp³-hybridized carbons (Fsp3) is 0. The number of benzene rings is 1. The van der Waals surface area contributed by atoms with Gasteiger partial charge in [-0.25, -0.2) is 9.18 Å². The van der Waals surface area contributed by atoms with Crippen molar-refractivity contribution in [2.75, 3.05) is 0 Å². The lowest BCUT2D eigenvalue weighted by Crippen LogP contribution is -2.02. The molecule has 0 atom stereocenters. The highest BCUT2D eigenvalue weighted by Gasteiger charge is 2.09. The van der Waals surface area contributed by atoms with Crippen molar-refractivity contribution >= 4 is 5.97 Å². The van der Waals surface area contributed by atoms with Crippen molar-refractivity contribution in [3.63, 3.8) is 0 Å². The smallest absolute Gasteiger partial charge is 0.345 e. The molecule has 62 valence electrons. The van der Waals surface area contributed by atoms with Gasteiger partial charge in [-0.15, -0.1) is 0 Å². The Morgan fingerprint density at radius 2 is 2.17 bits per heavy atom. The summed E-state index contributed by atoms with van der Waals surface area (Å²) in [5, 5.41) is 0. The van der Waals surface area contributed by atoms with Gasteiger partial charge in [0.15, 0.2) is 0 Å². The average Bonchev–Trinajstić information content (AvgIpc) is 2.05. The summed E-state index contributed by atoms with van der Waals surface area (Å²) in [5.74, 6) is -1.33. The lowest BCUT2D eigenvalue weighted by atomic mass is 10.2. The van der Waals surface area contributed by atoms with E-state index in [4.69, 9.17) is 0 Å². The molecule has 0 N–H and O–H groups in total. The van der Waals surface area contributed by atoms with E-state index in [1.165, 1.54) is 18.2 Å². The maximum absolute atomic E-state index is 12.8. The molecule has 0 aliphatic rings. The Balaban J connectivity index is 2.94. The van der Waals surface area contributed by atoms with Gasteiger partial charge < -0.3 is 4.74 Å². The van der Waals surface area contributed by atoms with Crippen molar-refractivity contribution in [2.45, 2.75) is 0 Å². The number of carbonyl (C=O) groups excluding carboxylic acids is 1. The predicted molar refractivity (Wildman–Crippen MR) is 42.0 cm³/mol. The van der Waals surface area contributed by atoms with Gasteiger partial charge in [-0.1, -0.05) is 18.7 Å². The van der Waals surface area contributed by atoms with Gasteiger partial charge in [-0.3, -0.25) is 0 Å². The van der Waals surface area contributed by atoms with Gasteiger partial charge in [0.2, 0.25) is 0 Å². The van der Waals surface area contributed by atoms with Crippen molar-refractivity contribution < 1.29 is 13.9 Å². The number of hydrogen-bond acceptors (Lipinski definition) is 2. The van der Waals surface area contributed by atoms with E-state index in [-0.39, 0.29) is 5.56 Å². The van der Waals surface area contributed by atoms with Gasteiger partial charge in [-0.2, -0.15) is 0 Å². The van der Waals surface area contributed by atoms with Crippen LogP contribution in [0.3, 0.4) is 0 Å². The molecule has 1 aromatic carbocycles. The van der Waals surface area contributed by atoms with Gasteiger partial charge in [0.25, 0.3) is 0 Å². The first-order valence-corrected chi connectivity index (χ1v) is 3.32. The normalized spacial score (nSPS) is 9.08. The topological polar surface area (TPSA) is 26.3 Å². The molecular weight excluding hydrogens is 159 g/mol. The van der Waals surface area contributed by atoms with E-state index in [2.05, 4.69) is 11.3 Å². The number of esters is 1. The first-order chi connectivity index (χ1) is 5.75. The maximum Gasteiger partial charge on any atom is 0.345 e. The second kappa shape index (κ2) is 3.67. The standard InChI is InChI=1S/C9H7FO2/c1-2-12-9(11)7-5-3-4-6-8(7)10/h2-6H,1H2. The molecule has 0 saturated heterocycles. The summed E-state index contributed by atoms with van der Waals surface area (Å²) < 4.78 is 17.2. The quantitative estimate of drug-likeness (QED) is 0.497. The molecule has 0 radical (unpaired) electrons. The molecule has 0 amide bonds. The molecule has 0 aliphatic heterocycles. The average molecular weight is 166 g/mol. The van der Waals surface area contributed by atoms with Crippen molar-refractivity contribution in [2.24, 2.45) is 0 Å². The van der Waals surface area contributed by atoms with Crippen LogP contribution in [0.2, 0.25) is 0 Å². The number of hydrogen-bond donors (Lipinski definition) is 0. The van der Waals surface area contributed by atoms with Crippen molar-refractivity contribution in [1.29, 1.82) is 0 Å². The number of carbonyl (C=O) groups is 1. The van der Waals surface area contributed by atoms with E-state index in [0.717, 1.165) is 6.26 Å². The molecule has 0 heterocycles. The summed E-state index contributed by atoms with van der Waals surface area (Å²) in [7, 11) is 0. The molecule has 1 rings (SSSR count). The highest BCUT2D eigenvalue weighted by molar-refractivity contribution is 5.89. The van der Waals surface area contributed by atoms with Crippen molar-refractivity contribution in [1.82, 2.24) is 0 Å². The minimum atomic E-state index is -0.733. The van der Waals surface area contributed by atoms with Crippen LogP contribution in [-0.4, -0.2) is 5.97 Å². The van der Waals surface area contributed by atoms with Crippen LogP contribution in [0.4, 0.5) is 4.39 Å². The summed E-state index contributed by atoms with van der Waals surface area (Å²) in [6, 6.07) is 5.60. The number of ether oxygens (including phenoxy) is 1. The lowest BCUT2D eigenvalue weighted by Gasteiger charge is -1.98. The summed E-state index contributed by atoms with van der Waals surface area (Å²) in [4.78, 5) is 10.9. The first kappa shape index (κ1) is 8.46. The third-order valence-corrected chi connectivity index (χ3v) is 1.28. The van der Waals surface area contributed by atoms with E-state index in [1.54, 1.807) is 6.07 Å². The van der Waals surface area contributed by atoms with Crippen LogP contribution in [-0.2, 0) is 4.74 Å². The molecular formula is C9H7FO2. The van der Waals surface area contributed by atoms with E-state index in [9.17, 15) is 9.18 Å². The van der Waals surface area contributed by atoms with E-state index in [1.807, 2.05) is 0 Å². The van der Waals surface area contributed by atoms with E-state index >= 15 is 0 Å². The molecule has 0 saturated carbocycles. The predicted octanol–water partition coefficient (Wildman–Crippen LogP) is 2.13. The third kappa shape index (κ3) is 1.69. The van der Waals surface area contributed by atoms with Gasteiger partial charge in [-0.05, 0) is 12.1 Å². The Morgan fingerprint density at radius 1 is 1.50 bits per heavy atom. The van der Waals surface area contributed by atoms with Gasteiger partial charge in [0.1, 0.15) is 5.82 Å². The van der Waals surface area contributed by atoms with Crippen LogP contribution >= 0.6 is 0 Å². The van der Waals surface area contributed by atoms with Crippen LogP contribution in [0.15, 0.2) is 37.1 Å². The van der Waals surface area contributed by atoms with Gasteiger partial charge in [0, 0.05) is 0 Å². The third-order valence-electron chi connectivity index (χ3n) is 1.28. The molecule has 1 aromatic rings. The largest absolute Gasteiger partial charge is 0.431 e. The summed E-state index contributed by atoms with van der Waals surface area (Å²) in [6.45, 7) is 3.19. The van der Waals surface area contributed by atoms with Gasteiger partial charge >= 0.3 is 5.97 Å². The van der Waals surface area contributed by atoms with Crippen molar-refractivity contribution in [3.05, 3.63) is 48.5 Å². The number of rotatable bonds is 2. The zero-order valence-corrected chi connectivity index (χ0v) is 6.29. The lowest BCUT2D eigenvalue weighted by molar-refractivity contribution is 0.0659. The summed E-state index contributed by atoms with van der Waals surface area (Å²) >= 11 is 0. The maximum atomic E-state index is 12.8. The van der Waals surface area contributed by atoms with E-state index in [0.29, 0.717) is 0 Å². The van der Waals surface area contributed by atoms with Crippen LogP contribution < -0.4 is 0 Å². The first-order valence-electron chi connectivity index (χ1n) is 3.32. The fourth-order valence-electron chi connectivity index (χ4n) is 0.766. The van der Waals surface area contributed by atoms with Crippen LogP contribution in [0, 0.1) is 5.82 Å². The van der Waals surface area contributed by atoms with E-state index < -0.39 is 11.8 Å². The molecule has 2 nitrogen and oxygen atoms in total. The minimum Gasteiger partial charge on any atom is -0.431 e. The molecule has 0 spiro atoms. The minimum absolute atomic E-state index is 0.0857. The molecule has 0 aliphatic carbocycles. The van der Waals surface area contributed by atoms with Crippen LogP contribution in [0.1, 0.15) is 10.4 Å². The second-order valence-corrected chi connectivity index (χ2v) is 2.05. The van der Waals surface area contributed by atoms with Gasteiger partial charge in [0.05, 0.1) is 11.8 Å². The highest BCUT2D eigenvalue weighted by Crippen LogP contribution is 2.07. The van der Waals surface area contributed by atoms with Crippen molar-refractivity contribution in [3.8, 4) is 0 Å². The van der Waals surface area contributed by atoms with Crippen LogP contribution in [0.5, 0.6) is 0 Å². The highest BCUT2D eigenvalue weighted by atomic mass is 19.1. The van der Waals surface area contributed by atoms with Crippen LogP contribution in [0.25, 0.3) is 0 Å². The molecule has 0 fully saturated rings. The zero-order valence-electron chi connectivity index (χ0n) is 6.29. The molecule has 3 heteroatoms. The number of halogens is 1. The SMILES string of the molecule is C=COC(=O)c1ccccc1F. The fourth-order valence-corrected chi connectivity index (χ4v) is 0.766. The Kier molecular flexibility index (Phi) is 2.58. The summed E-state index contributed by atoms with van der Waals surface area (Å²) in [5.41, 5.74) is -0.0857. The monoisotopic (exact) mass is 166 g/mol. The Hall–Kier alpha value is -1.64. The zero-order chi connectivity index (χ0) is 8.97. The molecule has 0 bridgehead atoms. The molecule has 12 heavy (non-hydrogen) atoms. The summed E-state index contributed by atoms with van der Waals surface area (Å²) in [6.07, 6.45) is 0.967. The Morgan fingerprint density at radius 3 is 2.75 bits per heavy atom. The second-order valence-electron chi connectivity index (χ2n) is 2.05. The molecule has 0 aromatic heterocycles.